The van der Waals surface area contributed by atoms with Crippen LogP contribution in [0.2, 0.25) is 0 Å². The van der Waals surface area contributed by atoms with E-state index in [4.69, 9.17) is 4.74 Å². The van der Waals surface area contributed by atoms with E-state index in [2.05, 4.69) is 37.8 Å². The number of benzene rings is 1. The van der Waals surface area contributed by atoms with Crippen LogP contribution in [0.4, 0.5) is 0 Å². The first-order valence-corrected chi connectivity index (χ1v) is 7.08. The van der Waals surface area contributed by atoms with Gasteiger partial charge in [-0.25, -0.2) is 0 Å². The van der Waals surface area contributed by atoms with Gasteiger partial charge in [-0.1, -0.05) is 26.8 Å². The molecular formula is C16H25NO. The van der Waals surface area contributed by atoms with E-state index in [0.717, 1.165) is 12.3 Å². The van der Waals surface area contributed by atoms with E-state index >= 15 is 0 Å². The van der Waals surface area contributed by atoms with Gasteiger partial charge in [0, 0.05) is 18.7 Å². The lowest BCUT2D eigenvalue weighted by atomic mass is 9.88. The number of rotatable bonds is 4. The van der Waals surface area contributed by atoms with Gasteiger partial charge in [-0.15, -0.1) is 0 Å². The normalized spacial score (nSPS) is 15.8. The zero-order valence-corrected chi connectivity index (χ0v) is 12.1. The standard InChI is InChI=1S/C16H25NO/c1-5-9-17-10-8-14-13(11-17)6-7-15(18-4)16(14)12(2)3/h6-7,12H,5,8-11H2,1-4H3. The highest BCUT2D eigenvalue weighted by atomic mass is 16.5. The van der Waals surface area contributed by atoms with Crippen LogP contribution in [0.1, 0.15) is 49.8 Å². The lowest BCUT2D eigenvalue weighted by molar-refractivity contribution is 0.253. The summed E-state index contributed by atoms with van der Waals surface area (Å²) in [5.74, 6) is 1.60. The second-order valence-electron chi connectivity index (χ2n) is 5.50. The Morgan fingerprint density at radius 2 is 2.11 bits per heavy atom. The van der Waals surface area contributed by atoms with Gasteiger partial charge in [0.25, 0.3) is 0 Å². The molecule has 2 rings (SSSR count). The van der Waals surface area contributed by atoms with Crippen LogP contribution >= 0.6 is 0 Å². The number of nitrogens with zero attached hydrogens (tertiary/aromatic N) is 1. The van der Waals surface area contributed by atoms with Crippen molar-refractivity contribution in [2.75, 3.05) is 20.2 Å². The average Bonchev–Trinajstić information content (AvgIpc) is 2.37. The predicted octanol–water partition coefficient (Wildman–Crippen LogP) is 3.59. The maximum atomic E-state index is 5.53. The molecule has 0 N–H and O–H groups in total. The summed E-state index contributed by atoms with van der Waals surface area (Å²) < 4.78 is 5.53. The van der Waals surface area contributed by atoms with Gasteiger partial charge in [-0.3, -0.25) is 4.90 Å². The van der Waals surface area contributed by atoms with Crippen LogP contribution in [0.3, 0.4) is 0 Å². The van der Waals surface area contributed by atoms with Crippen molar-refractivity contribution < 1.29 is 4.74 Å². The minimum atomic E-state index is 0.535. The Hall–Kier alpha value is -1.02. The number of methoxy groups -OCH3 is 1. The van der Waals surface area contributed by atoms with Crippen molar-refractivity contribution >= 4 is 0 Å². The Balaban J connectivity index is 2.34. The molecule has 2 heteroatoms. The van der Waals surface area contributed by atoms with Crippen molar-refractivity contribution in [3.8, 4) is 5.75 Å². The number of hydrogen-bond acceptors (Lipinski definition) is 2. The fourth-order valence-electron chi connectivity index (χ4n) is 3.04. The topological polar surface area (TPSA) is 12.5 Å². The Bertz CT molecular complexity index is 412. The van der Waals surface area contributed by atoms with Crippen molar-refractivity contribution in [2.45, 2.75) is 46.1 Å². The quantitative estimate of drug-likeness (QED) is 0.806. The van der Waals surface area contributed by atoms with Gasteiger partial charge in [-0.2, -0.15) is 0 Å². The van der Waals surface area contributed by atoms with Crippen molar-refractivity contribution in [3.05, 3.63) is 28.8 Å². The zero-order valence-electron chi connectivity index (χ0n) is 12.1. The van der Waals surface area contributed by atoms with Gasteiger partial charge in [0.2, 0.25) is 0 Å². The number of ether oxygens (including phenoxy) is 1. The summed E-state index contributed by atoms with van der Waals surface area (Å²) in [5, 5.41) is 0. The third kappa shape index (κ3) is 2.54. The first kappa shape index (κ1) is 13.4. The largest absolute Gasteiger partial charge is 0.496 e. The first-order chi connectivity index (χ1) is 8.67. The van der Waals surface area contributed by atoms with E-state index < -0.39 is 0 Å². The molecule has 0 amide bonds. The zero-order chi connectivity index (χ0) is 13.1. The molecule has 0 spiro atoms. The third-order valence-electron chi connectivity index (χ3n) is 3.82. The molecule has 0 bridgehead atoms. The monoisotopic (exact) mass is 247 g/mol. The molecule has 0 fully saturated rings. The summed E-state index contributed by atoms with van der Waals surface area (Å²) in [6, 6.07) is 4.39. The lowest BCUT2D eigenvalue weighted by Gasteiger charge is -2.31. The summed E-state index contributed by atoms with van der Waals surface area (Å²) in [5.41, 5.74) is 4.46. The van der Waals surface area contributed by atoms with Crippen molar-refractivity contribution in [1.82, 2.24) is 4.90 Å². The fourth-order valence-corrected chi connectivity index (χ4v) is 3.04. The molecule has 0 atom stereocenters. The molecule has 0 aliphatic carbocycles. The van der Waals surface area contributed by atoms with Crippen LogP contribution < -0.4 is 4.74 Å². The smallest absolute Gasteiger partial charge is 0.122 e. The molecule has 1 heterocycles. The van der Waals surface area contributed by atoms with Gasteiger partial charge >= 0.3 is 0 Å². The molecule has 1 aromatic rings. The Kier molecular flexibility index (Phi) is 4.28. The van der Waals surface area contributed by atoms with E-state index in [1.54, 1.807) is 7.11 Å². The van der Waals surface area contributed by atoms with Crippen molar-refractivity contribution in [3.63, 3.8) is 0 Å². The van der Waals surface area contributed by atoms with Crippen LogP contribution in [-0.4, -0.2) is 25.1 Å². The maximum absolute atomic E-state index is 5.53. The minimum Gasteiger partial charge on any atom is -0.496 e. The second kappa shape index (κ2) is 5.75. The molecular weight excluding hydrogens is 222 g/mol. The van der Waals surface area contributed by atoms with Crippen LogP contribution in [0.25, 0.3) is 0 Å². The summed E-state index contributed by atoms with van der Waals surface area (Å²) in [7, 11) is 1.78. The highest BCUT2D eigenvalue weighted by Crippen LogP contribution is 2.34. The van der Waals surface area contributed by atoms with E-state index in [9.17, 15) is 0 Å². The van der Waals surface area contributed by atoms with E-state index in [0.29, 0.717) is 5.92 Å². The minimum absolute atomic E-state index is 0.535. The Labute approximate surface area is 111 Å². The van der Waals surface area contributed by atoms with Crippen LogP contribution in [0.15, 0.2) is 12.1 Å². The molecule has 0 aromatic heterocycles. The SMILES string of the molecule is CCCN1CCc2c(ccc(OC)c2C(C)C)C1. The second-order valence-corrected chi connectivity index (χ2v) is 5.50. The van der Waals surface area contributed by atoms with Gasteiger partial charge < -0.3 is 4.74 Å². The molecule has 18 heavy (non-hydrogen) atoms. The van der Waals surface area contributed by atoms with E-state index in [1.807, 2.05) is 0 Å². The molecule has 1 aromatic carbocycles. The first-order valence-electron chi connectivity index (χ1n) is 7.08. The maximum Gasteiger partial charge on any atom is 0.122 e. The lowest BCUT2D eigenvalue weighted by Crippen LogP contribution is -2.31. The van der Waals surface area contributed by atoms with Gasteiger partial charge in [0.15, 0.2) is 0 Å². The average molecular weight is 247 g/mol. The summed E-state index contributed by atoms with van der Waals surface area (Å²) in [6.45, 7) is 10.3. The molecule has 0 radical (unpaired) electrons. The Morgan fingerprint density at radius 1 is 1.33 bits per heavy atom. The summed E-state index contributed by atoms with van der Waals surface area (Å²) in [4.78, 5) is 2.55. The summed E-state index contributed by atoms with van der Waals surface area (Å²) in [6.07, 6.45) is 2.41. The molecule has 0 unspecified atom stereocenters. The van der Waals surface area contributed by atoms with Crippen LogP contribution in [-0.2, 0) is 13.0 Å². The van der Waals surface area contributed by atoms with Crippen LogP contribution in [0, 0.1) is 0 Å². The van der Waals surface area contributed by atoms with Crippen molar-refractivity contribution in [1.29, 1.82) is 0 Å². The van der Waals surface area contributed by atoms with Crippen LogP contribution in [0.5, 0.6) is 5.75 Å². The number of hydrogen-bond donors (Lipinski definition) is 0. The highest BCUT2D eigenvalue weighted by Gasteiger charge is 2.22. The highest BCUT2D eigenvalue weighted by molar-refractivity contribution is 5.48. The molecule has 0 saturated carbocycles. The fraction of sp³-hybridized carbons (Fsp3) is 0.625. The Morgan fingerprint density at radius 3 is 2.72 bits per heavy atom. The van der Waals surface area contributed by atoms with Gasteiger partial charge in [-0.05, 0) is 42.5 Å². The van der Waals surface area contributed by atoms with E-state index in [-0.39, 0.29) is 0 Å². The third-order valence-corrected chi connectivity index (χ3v) is 3.82. The van der Waals surface area contributed by atoms with Gasteiger partial charge in [0.1, 0.15) is 5.75 Å². The number of fused-ring (bicyclic) bond motifs is 1. The molecule has 1 aliphatic rings. The molecule has 0 saturated heterocycles. The molecule has 1 aliphatic heterocycles. The van der Waals surface area contributed by atoms with Gasteiger partial charge in [0.05, 0.1) is 7.11 Å². The molecule has 2 nitrogen and oxygen atoms in total. The summed E-state index contributed by atoms with van der Waals surface area (Å²) >= 11 is 0. The van der Waals surface area contributed by atoms with Crippen molar-refractivity contribution in [2.24, 2.45) is 0 Å². The predicted molar refractivity (Wildman–Crippen MR) is 76.4 cm³/mol. The molecule has 100 valence electrons. The van der Waals surface area contributed by atoms with E-state index in [1.165, 1.54) is 42.6 Å².